The minimum Gasteiger partial charge on any atom is -0.481 e. The maximum atomic E-state index is 11.6. The van der Waals surface area contributed by atoms with Crippen LogP contribution in [0.3, 0.4) is 0 Å². The van der Waals surface area contributed by atoms with Crippen molar-refractivity contribution in [3.63, 3.8) is 0 Å². The second-order valence-electron chi connectivity index (χ2n) is 3.40. The maximum Gasteiger partial charge on any atom is 0.303 e. The number of aliphatic carboxylic acids is 1. The van der Waals surface area contributed by atoms with Crippen LogP contribution < -0.4 is 0 Å². The lowest BCUT2D eigenvalue weighted by Gasteiger charge is -2.04. The highest BCUT2D eigenvalue weighted by molar-refractivity contribution is 9.10. The molecule has 1 N–H and O–H groups in total. The fourth-order valence-electron chi connectivity index (χ4n) is 1.23. The molecule has 1 aromatic carbocycles. The Balaban J connectivity index is 3.06. The zero-order chi connectivity index (χ0) is 13.9. The minimum absolute atomic E-state index is 0.110. The van der Waals surface area contributed by atoms with E-state index in [1.807, 2.05) is 0 Å². The van der Waals surface area contributed by atoms with Gasteiger partial charge in [-0.05, 0) is 28.1 Å². The van der Waals surface area contributed by atoms with Gasteiger partial charge in [0.25, 0.3) is 9.05 Å². The third kappa shape index (κ3) is 4.08. The van der Waals surface area contributed by atoms with Gasteiger partial charge in [0.2, 0.25) is 0 Å². The average molecular weight is 356 g/mol. The van der Waals surface area contributed by atoms with Crippen LogP contribution in [0.15, 0.2) is 27.6 Å². The molecule has 0 radical (unpaired) electrons. The lowest BCUT2D eigenvalue weighted by Crippen LogP contribution is -2.05. The Bertz CT molecular complexity index is 596. The number of rotatable bonds is 5. The molecular weight excluding hydrogens is 348 g/mol. The van der Waals surface area contributed by atoms with E-state index in [4.69, 9.17) is 15.8 Å². The monoisotopic (exact) mass is 354 g/mol. The molecule has 0 fully saturated rings. The summed E-state index contributed by atoms with van der Waals surface area (Å²) in [6.07, 6.45) is -0.503. The van der Waals surface area contributed by atoms with Crippen LogP contribution >= 0.6 is 26.6 Å². The highest BCUT2D eigenvalue weighted by Gasteiger charge is 2.17. The molecule has 98 valence electrons. The number of benzene rings is 1. The van der Waals surface area contributed by atoms with Crippen molar-refractivity contribution in [1.82, 2.24) is 0 Å². The van der Waals surface area contributed by atoms with Crippen LogP contribution in [-0.4, -0.2) is 25.3 Å². The van der Waals surface area contributed by atoms with Crippen LogP contribution in [0.2, 0.25) is 0 Å². The van der Waals surface area contributed by atoms with E-state index in [1.54, 1.807) is 0 Å². The summed E-state index contributed by atoms with van der Waals surface area (Å²) in [4.78, 5) is 21.7. The van der Waals surface area contributed by atoms with Gasteiger partial charge in [-0.1, -0.05) is 6.07 Å². The molecule has 0 aliphatic rings. The van der Waals surface area contributed by atoms with Gasteiger partial charge in [0.15, 0.2) is 5.78 Å². The number of hydrogen-bond acceptors (Lipinski definition) is 4. The molecule has 0 aliphatic carbocycles. The Kier molecular flexibility index (Phi) is 4.89. The standard InChI is InChI=1S/C10H8BrClO5S/c11-7-2-1-6(5-9(7)18(12,16)17)8(13)3-4-10(14)15/h1-2,5H,3-4H2,(H,14,15). The summed E-state index contributed by atoms with van der Waals surface area (Å²) in [7, 11) is 1.24. The Labute approximate surface area is 116 Å². The second kappa shape index (κ2) is 5.81. The van der Waals surface area contributed by atoms with Crippen molar-refractivity contribution in [3.05, 3.63) is 28.2 Å². The van der Waals surface area contributed by atoms with E-state index in [2.05, 4.69) is 15.9 Å². The summed E-state index contributed by atoms with van der Waals surface area (Å²) in [5.74, 6) is -1.54. The summed E-state index contributed by atoms with van der Waals surface area (Å²) in [5.41, 5.74) is 0.110. The van der Waals surface area contributed by atoms with Crippen molar-refractivity contribution in [2.24, 2.45) is 0 Å². The first-order chi connectivity index (χ1) is 8.21. The van der Waals surface area contributed by atoms with Gasteiger partial charge in [-0.3, -0.25) is 9.59 Å². The van der Waals surface area contributed by atoms with E-state index in [-0.39, 0.29) is 27.8 Å². The number of carbonyl (C=O) groups excluding carboxylic acids is 1. The van der Waals surface area contributed by atoms with Crippen molar-refractivity contribution in [3.8, 4) is 0 Å². The number of halogens is 2. The molecule has 0 bridgehead atoms. The molecule has 18 heavy (non-hydrogen) atoms. The van der Waals surface area contributed by atoms with Gasteiger partial charge in [-0.25, -0.2) is 8.42 Å². The second-order valence-corrected chi connectivity index (χ2v) is 6.79. The summed E-state index contributed by atoms with van der Waals surface area (Å²) in [5, 5.41) is 8.46. The molecule has 0 amide bonds. The van der Waals surface area contributed by atoms with E-state index >= 15 is 0 Å². The highest BCUT2D eigenvalue weighted by atomic mass is 79.9. The zero-order valence-corrected chi connectivity index (χ0v) is 12.0. The summed E-state index contributed by atoms with van der Waals surface area (Å²) in [6, 6.07) is 3.90. The molecule has 0 saturated carbocycles. The minimum atomic E-state index is -3.96. The molecule has 0 unspecified atom stereocenters. The molecule has 1 rings (SSSR count). The van der Waals surface area contributed by atoms with Crippen molar-refractivity contribution < 1.29 is 23.1 Å². The molecule has 0 atom stereocenters. The zero-order valence-electron chi connectivity index (χ0n) is 8.89. The van der Waals surface area contributed by atoms with Crippen molar-refractivity contribution in [2.45, 2.75) is 17.7 Å². The molecule has 0 aromatic heterocycles. The van der Waals surface area contributed by atoms with Crippen LogP contribution in [0.4, 0.5) is 0 Å². The Morgan fingerprint density at radius 1 is 1.28 bits per heavy atom. The number of carboxylic acid groups (broad SMARTS) is 1. The predicted molar refractivity (Wildman–Crippen MR) is 68.4 cm³/mol. The first kappa shape index (κ1) is 15.1. The van der Waals surface area contributed by atoms with E-state index < -0.39 is 20.8 Å². The Hall–Kier alpha value is -0.920. The van der Waals surface area contributed by atoms with Gasteiger partial charge >= 0.3 is 5.97 Å². The van der Waals surface area contributed by atoms with Crippen LogP contribution in [0, 0.1) is 0 Å². The molecule has 1 aromatic rings. The van der Waals surface area contributed by atoms with Gasteiger partial charge in [0.05, 0.1) is 11.3 Å². The average Bonchev–Trinajstić information content (AvgIpc) is 2.24. The number of Topliss-reactive ketones (excluding diaryl/α,β-unsaturated/α-hetero) is 1. The fraction of sp³-hybridized carbons (Fsp3) is 0.200. The molecule has 0 spiro atoms. The molecule has 8 heteroatoms. The predicted octanol–water partition coefficient (Wildman–Crippen LogP) is 2.42. The van der Waals surface area contributed by atoms with Crippen molar-refractivity contribution >= 4 is 47.4 Å². The molecular formula is C10H8BrClO5S. The van der Waals surface area contributed by atoms with Gasteiger partial charge in [-0.15, -0.1) is 0 Å². The fourth-order valence-corrected chi connectivity index (χ4v) is 3.35. The van der Waals surface area contributed by atoms with Crippen LogP contribution in [-0.2, 0) is 13.8 Å². The van der Waals surface area contributed by atoms with Gasteiger partial charge < -0.3 is 5.11 Å². The van der Waals surface area contributed by atoms with Crippen LogP contribution in [0.5, 0.6) is 0 Å². The maximum absolute atomic E-state index is 11.6. The van der Waals surface area contributed by atoms with Crippen molar-refractivity contribution in [2.75, 3.05) is 0 Å². The largest absolute Gasteiger partial charge is 0.481 e. The summed E-state index contributed by atoms with van der Waals surface area (Å²) >= 11 is 3.01. The van der Waals surface area contributed by atoms with E-state index in [0.29, 0.717) is 0 Å². The number of ketones is 1. The molecule has 0 aliphatic heterocycles. The topological polar surface area (TPSA) is 88.5 Å². The van der Waals surface area contributed by atoms with Crippen molar-refractivity contribution in [1.29, 1.82) is 0 Å². The summed E-state index contributed by atoms with van der Waals surface area (Å²) < 4.78 is 22.7. The van der Waals surface area contributed by atoms with Gasteiger partial charge in [0, 0.05) is 27.1 Å². The third-order valence-corrected chi connectivity index (χ3v) is 4.40. The molecule has 5 nitrogen and oxygen atoms in total. The first-order valence-corrected chi connectivity index (χ1v) is 7.81. The number of carboxylic acids is 1. The van der Waals surface area contributed by atoms with Crippen LogP contribution in [0.1, 0.15) is 23.2 Å². The SMILES string of the molecule is O=C(O)CCC(=O)c1ccc(Br)c(S(=O)(=O)Cl)c1. The van der Waals surface area contributed by atoms with E-state index in [1.165, 1.54) is 12.1 Å². The number of hydrogen-bond donors (Lipinski definition) is 1. The van der Waals surface area contributed by atoms with E-state index in [9.17, 15) is 18.0 Å². The van der Waals surface area contributed by atoms with E-state index in [0.717, 1.165) is 6.07 Å². The Morgan fingerprint density at radius 2 is 1.89 bits per heavy atom. The van der Waals surface area contributed by atoms with Gasteiger partial charge in [-0.2, -0.15) is 0 Å². The first-order valence-electron chi connectivity index (χ1n) is 4.71. The lowest BCUT2D eigenvalue weighted by atomic mass is 10.1. The third-order valence-electron chi connectivity index (χ3n) is 2.08. The highest BCUT2D eigenvalue weighted by Crippen LogP contribution is 2.26. The smallest absolute Gasteiger partial charge is 0.303 e. The van der Waals surface area contributed by atoms with Gasteiger partial charge in [0.1, 0.15) is 0 Å². The lowest BCUT2D eigenvalue weighted by molar-refractivity contribution is -0.136. The molecule has 0 heterocycles. The molecule has 0 saturated heterocycles. The van der Waals surface area contributed by atoms with Crippen LogP contribution in [0.25, 0.3) is 0 Å². The quantitative estimate of drug-likeness (QED) is 0.647. The number of carbonyl (C=O) groups is 2. The normalized spacial score (nSPS) is 11.2. The summed E-state index contributed by atoms with van der Waals surface area (Å²) in [6.45, 7) is 0. The Morgan fingerprint density at radius 3 is 2.39 bits per heavy atom.